The van der Waals surface area contributed by atoms with Crippen molar-refractivity contribution in [2.45, 2.75) is 19.6 Å². The number of aromatic amines is 1. The van der Waals surface area contributed by atoms with Crippen molar-refractivity contribution in [3.63, 3.8) is 0 Å². The SMILES string of the molecule is Cc1cc(Oc2ccc(C(F)(F)F)cc2)cc(-c2nn(Cc3cnc[nH]3)c3ccc(=O)n(C)c23)c1. The van der Waals surface area contributed by atoms with Crippen molar-refractivity contribution in [1.82, 2.24) is 24.3 Å². The molecular formula is C25H20F3N5O2. The topological polar surface area (TPSA) is 77.7 Å². The van der Waals surface area contributed by atoms with Crippen LogP contribution in [-0.4, -0.2) is 24.3 Å². The van der Waals surface area contributed by atoms with Crippen molar-refractivity contribution in [3.05, 3.63) is 94.3 Å². The van der Waals surface area contributed by atoms with E-state index in [1.165, 1.54) is 18.2 Å². The second kappa shape index (κ2) is 8.46. The Balaban J connectivity index is 1.57. The van der Waals surface area contributed by atoms with E-state index < -0.39 is 11.7 Å². The maximum Gasteiger partial charge on any atom is 0.416 e. The number of halogens is 3. The van der Waals surface area contributed by atoms with Crippen LogP contribution in [-0.2, 0) is 19.8 Å². The monoisotopic (exact) mass is 479 g/mol. The van der Waals surface area contributed by atoms with Crippen LogP contribution in [0.1, 0.15) is 16.8 Å². The third kappa shape index (κ3) is 4.42. The van der Waals surface area contributed by atoms with Crippen LogP contribution in [0.15, 0.2) is 71.9 Å². The zero-order valence-electron chi connectivity index (χ0n) is 18.8. The molecule has 0 saturated carbocycles. The van der Waals surface area contributed by atoms with Crippen molar-refractivity contribution in [3.8, 4) is 22.8 Å². The van der Waals surface area contributed by atoms with Gasteiger partial charge in [0.2, 0.25) is 0 Å². The zero-order chi connectivity index (χ0) is 24.7. The Labute approximate surface area is 197 Å². The Bertz CT molecular complexity index is 1570. The lowest BCUT2D eigenvalue weighted by molar-refractivity contribution is -0.137. The molecule has 5 aromatic rings. The number of nitrogens with one attached hydrogen (secondary N) is 1. The summed E-state index contributed by atoms with van der Waals surface area (Å²) in [5.41, 5.74) is 3.51. The highest BCUT2D eigenvalue weighted by Crippen LogP contribution is 2.34. The predicted molar refractivity (Wildman–Crippen MR) is 124 cm³/mol. The Hall–Kier alpha value is -4.34. The minimum atomic E-state index is -4.42. The summed E-state index contributed by atoms with van der Waals surface area (Å²) in [6, 6.07) is 13.2. The van der Waals surface area contributed by atoms with Crippen molar-refractivity contribution < 1.29 is 17.9 Å². The molecule has 0 amide bonds. The molecule has 0 aliphatic carbocycles. The minimum Gasteiger partial charge on any atom is -0.457 e. The Morgan fingerprint density at radius 2 is 1.80 bits per heavy atom. The summed E-state index contributed by atoms with van der Waals surface area (Å²) in [5, 5.41) is 4.79. The molecular weight excluding hydrogens is 459 g/mol. The van der Waals surface area contributed by atoms with Gasteiger partial charge in [-0.25, -0.2) is 4.98 Å². The van der Waals surface area contributed by atoms with Gasteiger partial charge in [0.05, 0.1) is 35.2 Å². The Kier molecular flexibility index (Phi) is 5.43. The molecule has 0 unspecified atom stereocenters. The molecule has 3 aromatic heterocycles. The normalized spacial score (nSPS) is 11.8. The van der Waals surface area contributed by atoms with Gasteiger partial charge in [-0.1, -0.05) is 0 Å². The van der Waals surface area contributed by atoms with Crippen molar-refractivity contribution in [2.24, 2.45) is 7.05 Å². The Morgan fingerprint density at radius 3 is 2.49 bits per heavy atom. The van der Waals surface area contributed by atoms with Crippen LogP contribution in [0.4, 0.5) is 13.2 Å². The van der Waals surface area contributed by atoms with Gasteiger partial charge in [0.15, 0.2) is 0 Å². The fraction of sp³-hybridized carbons (Fsp3) is 0.160. The highest BCUT2D eigenvalue weighted by atomic mass is 19.4. The van der Waals surface area contributed by atoms with E-state index in [2.05, 4.69) is 9.97 Å². The number of H-pyrrole nitrogens is 1. The first-order valence-corrected chi connectivity index (χ1v) is 10.7. The number of imidazole rings is 1. The van der Waals surface area contributed by atoms with Gasteiger partial charge in [0.1, 0.15) is 17.2 Å². The molecule has 0 atom stereocenters. The summed E-state index contributed by atoms with van der Waals surface area (Å²) in [7, 11) is 1.69. The zero-order valence-corrected chi connectivity index (χ0v) is 18.8. The number of ether oxygens (including phenoxy) is 1. The molecule has 178 valence electrons. The first-order valence-electron chi connectivity index (χ1n) is 10.7. The molecule has 0 radical (unpaired) electrons. The lowest BCUT2D eigenvalue weighted by Gasteiger charge is -2.11. The van der Waals surface area contributed by atoms with Crippen molar-refractivity contribution in [1.29, 1.82) is 0 Å². The van der Waals surface area contributed by atoms with Gasteiger partial charge in [-0.2, -0.15) is 18.3 Å². The third-order valence-corrected chi connectivity index (χ3v) is 5.63. The number of fused-ring (bicyclic) bond motifs is 1. The third-order valence-electron chi connectivity index (χ3n) is 5.63. The fourth-order valence-corrected chi connectivity index (χ4v) is 3.97. The molecule has 2 aromatic carbocycles. The molecule has 35 heavy (non-hydrogen) atoms. The maximum absolute atomic E-state index is 12.9. The first-order chi connectivity index (χ1) is 16.7. The standard InChI is InChI=1S/C25H20F3N5O2/c1-15-9-16(11-20(10-15)35-19-5-3-17(4-6-19)25(26,27)28)23-24-21(7-8-22(34)32(24)2)33(31-23)13-18-12-29-14-30-18/h3-12,14H,13H2,1-2H3,(H,29,30). The number of rotatable bonds is 5. The second-order valence-corrected chi connectivity index (χ2v) is 8.21. The molecule has 5 rings (SSSR count). The molecule has 0 saturated heterocycles. The van der Waals surface area contributed by atoms with Gasteiger partial charge in [-0.05, 0) is 61.0 Å². The van der Waals surface area contributed by atoms with E-state index >= 15 is 0 Å². The van der Waals surface area contributed by atoms with Crippen LogP contribution >= 0.6 is 0 Å². The number of hydrogen-bond donors (Lipinski definition) is 1. The van der Waals surface area contributed by atoms with Gasteiger partial charge >= 0.3 is 6.18 Å². The highest BCUT2D eigenvalue weighted by molar-refractivity contribution is 5.91. The molecule has 10 heteroatoms. The van der Waals surface area contributed by atoms with Crippen LogP contribution in [0.25, 0.3) is 22.3 Å². The fourth-order valence-electron chi connectivity index (χ4n) is 3.97. The minimum absolute atomic E-state index is 0.172. The van der Waals surface area contributed by atoms with Gasteiger partial charge in [0, 0.05) is 24.9 Å². The number of hydrogen-bond acceptors (Lipinski definition) is 4. The van der Waals surface area contributed by atoms with Crippen LogP contribution in [0.5, 0.6) is 11.5 Å². The highest BCUT2D eigenvalue weighted by Gasteiger charge is 2.30. The van der Waals surface area contributed by atoms with E-state index in [0.29, 0.717) is 29.1 Å². The number of aromatic nitrogens is 5. The van der Waals surface area contributed by atoms with E-state index in [-0.39, 0.29) is 11.3 Å². The second-order valence-electron chi connectivity index (χ2n) is 8.21. The number of benzene rings is 2. The van der Waals surface area contributed by atoms with E-state index in [1.54, 1.807) is 47.0 Å². The summed E-state index contributed by atoms with van der Waals surface area (Å²) in [4.78, 5) is 19.5. The molecule has 0 spiro atoms. The Morgan fingerprint density at radius 1 is 1.03 bits per heavy atom. The van der Waals surface area contributed by atoms with E-state index in [4.69, 9.17) is 9.84 Å². The lowest BCUT2D eigenvalue weighted by Crippen LogP contribution is -2.15. The summed E-state index contributed by atoms with van der Waals surface area (Å²) < 4.78 is 47.8. The van der Waals surface area contributed by atoms with E-state index in [1.807, 2.05) is 13.0 Å². The van der Waals surface area contributed by atoms with Crippen LogP contribution in [0, 0.1) is 6.92 Å². The molecule has 1 N–H and O–H groups in total. The van der Waals surface area contributed by atoms with Crippen molar-refractivity contribution >= 4 is 11.0 Å². The molecule has 0 aliphatic rings. The van der Waals surface area contributed by atoms with Gasteiger partial charge in [0.25, 0.3) is 5.56 Å². The quantitative estimate of drug-likeness (QED) is 0.372. The summed E-state index contributed by atoms with van der Waals surface area (Å²) >= 11 is 0. The molecule has 3 heterocycles. The van der Waals surface area contributed by atoms with E-state index in [9.17, 15) is 18.0 Å². The van der Waals surface area contributed by atoms with Gasteiger partial charge in [-0.3, -0.25) is 9.48 Å². The summed E-state index contributed by atoms with van der Waals surface area (Å²) in [5.74, 6) is 0.716. The smallest absolute Gasteiger partial charge is 0.416 e. The number of pyridine rings is 1. The van der Waals surface area contributed by atoms with Crippen LogP contribution < -0.4 is 10.3 Å². The molecule has 0 aliphatic heterocycles. The molecule has 0 fully saturated rings. The average molecular weight is 479 g/mol. The van der Waals surface area contributed by atoms with Crippen LogP contribution in [0.2, 0.25) is 0 Å². The van der Waals surface area contributed by atoms with Gasteiger partial charge < -0.3 is 14.3 Å². The first kappa shape index (κ1) is 22.5. The van der Waals surface area contributed by atoms with Crippen LogP contribution in [0.3, 0.4) is 0 Å². The largest absolute Gasteiger partial charge is 0.457 e. The predicted octanol–water partition coefficient (Wildman–Crippen LogP) is 5.29. The summed E-state index contributed by atoms with van der Waals surface area (Å²) in [6.07, 6.45) is -1.12. The lowest BCUT2D eigenvalue weighted by atomic mass is 10.1. The maximum atomic E-state index is 12.9. The molecule has 7 nitrogen and oxygen atoms in total. The van der Waals surface area contributed by atoms with E-state index in [0.717, 1.165) is 28.9 Å². The average Bonchev–Trinajstić information content (AvgIpc) is 3.44. The number of alkyl halides is 3. The van der Waals surface area contributed by atoms with Gasteiger partial charge in [-0.15, -0.1) is 0 Å². The number of aryl methyl sites for hydroxylation is 2. The van der Waals surface area contributed by atoms with Crippen molar-refractivity contribution in [2.75, 3.05) is 0 Å². The molecule has 0 bridgehead atoms. The summed E-state index contributed by atoms with van der Waals surface area (Å²) in [6.45, 7) is 2.31. The number of nitrogens with zero attached hydrogens (tertiary/aromatic N) is 4.